The lowest BCUT2D eigenvalue weighted by Gasteiger charge is -2.15. The Kier molecular flexibility index (Phi) is 3.51. The summed E-state index contributed by atoms with van der Waals surface area (Å²) in [6, 6.07) is 8.14. The lowest BCUT2D eigenvalue weighted by Crippen LogP contribution is -2.11. The van der Waals surface area contributed by atoms with Gasteiger partial charge >= 0.3 is 0 Å². The molecule has 1 heterocycles. The molecule has 0 radical (unpaired) electrons. The monoisotopic (exact) mass is 236 g/mol. The van der Waals surface area contributed by atoms with Crippen molar-refractivity contribution in [3.05, 3.63) is 48.0 Å². The van der Waals surface area contributed by atoms with Gasteiger partial charge in [0.2, 0.25) is 6.29 Å². The minimum absolute atomic E-state index is 0.344. The minimum Gasteiger partial charge on any atom is -0.350 e. The number of hydrogen-bond donors (Lipinski definition) is 0. The first kappa shape index (κ1) is 11.8. The van der Waals surface area contributed by atoms with Gasteiger partial charge in [0.1, 0.15) is 17.2 Å². The van der Waals surface area contributed by atoms with Gasteiger partial charge in [0.25, 0.3) is 0 Å². The van der Waals surface area contributed by atoms with Crippen LogP contribution in [0.4, 0.5) is 4.39 Å². The van der Waals surface area contributed by atoms with E-state index in [9.17, 15) is 4.39 Å². The lowest BCUT2D eigenvalue weighted by molar-refractivity contribution is -0.109. The van der Waals surface area contributed by atoms with Crippen molar-refractivity contribution in [2.75, 3.05) is 14.2 Å². The van der Waals surface area contributed by atoms with Gasteiger partial charge in [0.15, 0.2) is 0 Å². The molecule has 4 nitrogen and oxygen atoms in total. The molecule has 17 heavy (non-hydrogen) atoms. The SMILES string of the molecule is COC(OC)c1ccnn1-c1ccccc1F. The fourth-order valence-electron chi connectivity index (χ4n) is 1.65. The molecule has 0 amide bonds. The minimum atomic E-state index is -0.572. The van der Waals surface area contributed by atoms with Gasteiger partial charge in [-0.05, 0) is 18.2 Å². The third kappa shape index (κ3) is 2.20. The Balaban J connectivity index is 2.47. The van der Waals surface area contributed by atoms with E-state index in [1.54, 1.807) is 30.5 Å². The molecule has 0 atom stereocenters. The van der Waals surface area contributed by atoms with Gasteiger partial charge in [0.05, 0.1) is 0 Å². The van der Waals surface area contributed by atoms with Crippen molar-refractivity contribution < 1.29 is 13.9 Å². The predicted molar refractivity (Wildman–Crippen MR) is 60.3 cm³/mol. The van der Waals surface area contributed by atoms with Crippen LogP contribution in [0, 0.1) is 5.82 Å². The van der Waals surface area contributed by atoms with Crippen LogP contribution in [0.1, 0.15) is 12.0 Å². The van der Waals surface area contributed by atoms with E-state index in [1.165, 1.54) is 25.0 Å². The van der Waals surface area contributed by atoms with E-state index < -0.39 is 6.29 Å². The molecule has 1 aromatic carbocycles. The molecule has 0 spiro atoms. The number of benzene rings is 1. The quantitative estimate of drug-likeness (QED) is 0.764. The molecule has 90 valence electrons. The second kappa shape index (κ2) is 5.07. The third-order valence-electron chi connectivity index (χ3n) is 2.42. The average Bonchev–Trinajstić information content (AvgIpc) is 2.80. The van der Waals surface area contributed by atoms with Gasteiger partial charge in [0, 0.05) is 20.4 Å². The van der Waals surface area contributed by atoms with Crippen molar-refractivity contribution in [3.8, 4) is 5.69 Å². The summed E-state index contributed by atoms with van der Waals surface area (Å²) in [4.78, 5) is 0. The molecule has 2 aromatic rings. The maximum atomic E-state index is 13.7. The fourth-order valence-corrected chi connectivity index (χ4v) is 1.65. The van der Waals surface area contributed by atoms with Crippen LogP contribution in [-0.4, -0.2) is 24.0 Å². The van der Waals surface area contributed by atoms with Gasteiger partial charge < -0.3 is 9.47 Å². The van der Waals surface area contributed by atoms with Crippen LogP contribution in [0.5, 0.6) is 0 Å². The number of hydrogen-bond acceptors (Lipinski definition) is 3. The summed E-state index contributed by atoms with van der Waals surface area (Å²) in [7, 11) is 3.04. The zero-order chi connectivity index (χ0) is 12.3. The number of rotatable bonds is 4. The van der Waals surface area contributed by atoms with Crippen molar-refractivity contribution in [2.45, 2.75) is 6.29 Å². The van der Waals surface area contributed by atoms with Crippen molar-refractivity contribution in [2.24, 2.45) is 0 Å². The number of para-hydroxylation sites is 1. The van der Waals surface area contributed by atoms with E-state index in [0.717, 1.165) is 0 Å². The van der Waals surface area contributed by atoms with E-state index in [4.69, 9.17) is 9.47 Å². The van der Waals surface area contributed by atoms with Gasteiger partial charge in [-0.3, -0.25) is 0 Å². The van der Waals surface area contributed by atoms with Crippen molar-refractivity contribution in [1.82, 2.24) is 9.78 Å². The molecule has 0 aliphatic carbocycles. The summed E-state index contributed by atoms with van der Waals surface area (Å²) in [5.74, 6) is -0.344. The Morgan fingerprint density at radius 1 is 1.18 bits per heavy atom. The molecule has 0 saturated carbocycles. The van der Waals surface area contributed by atoms with Gasteiger partial charge in [-0.25, -0.2) is 9.07 Å². The Morgan fingerprint density at radius 2 is 1.88 bits per heavy atom. The molecular formula is C12H13FN2O2. The van der Waals surface area contributed by atoms with Crippen LogP contribution in [0.3, 0.4) is 0 Å². The Hall–Kier alpha value is -1.72. The van der Waals surface area contributed by atoms with Crippen LogP contribution in [0.15, 0.2) is 36.5 Å². The number of nitrogens with zero attached hydrogens (tertiary/aromatic N) is 2. The normalized spacial score (nSPS) is 11.1. The van der Waals surface area contributed by atoms with Crippen LogP contribution in [0.2, 0.25) is 0 Å². The summed E-state index contributed by atoms with van der Waals surface area (Å²) in [5.41, 5.74) is 1.01. The largest absolute Gasteiger partial charge is 0.350 e. The van der Waals surface area contributed by atoms with Gasteiger partial charge in [-0.15, -0.1) is 0 Å². The second-order valence-corrected chi connectivity index (χ2v) is 3.42. The highest BCUT2D eigenvalue weighted by molar-refractivity contribution is 5.34. The summed E-state index contributed by atoms with van der Waals surface area (Å²) in [5, 5.41) is 4.08. The topological polar surface area (TPSA) is 36.3 Å². The van der Waals surface area contributed by atoms with E-state index in [-0.39, 0.29) is 5.82 Å². The van der Waals surface area contributed by atoms with Crippen molar-refractivity contribution >= 4 is 0 Å². The van der Waals surface area contributed by atoms with Gasteiger partial charge in [-0.2, -0.15) is 5.10 Å². The fraction of sp³-hybridized carbons (Fsp3) is 0.250. The highest BCUT2D eigenvalue weighted by Crippen LogP contribution is 2.21. The van der Waals surface area contributed by atoms with Crippen molar-refractivity contribution in [1.29, 1.82) is 0 Å². The molecule has 2 rings (SSSR count). The summed E-state index contributed by atoms with van der Waals surface area (Å²) >= 11 is 0. The summed E-state index contributed by atoms with van der Waals surface area (Å²) in [6.45, 7) is 0. The van der Waals surface area contributed by atoms with Crippen molar-refractivity contribution in [3.63, 3.8) is 0 Å². The first-order valence-corrected chi connectivity index (χ1v) is 5.12. The molecule has 0 saturated heterocycles. The first-order chi connectivity index (χ1) is 8.27. The molecule has 0 N–H and O–H groups in total. The lowest BCUT2D eigenvalue weighted by atomic mass is 10.3. The molecule has 0 aliphatic heterocycles. The summed E-state index contributed by atoms with van der Waals surface area (Å²) < 4.78 is 25.4. The summed E-state index contributed by atoms with van der Waals surface area (Å²) in [6.07, 6.45) is 1.00. The number of aromatic nitrogens is 2. The van der Waals surface area contributed by atoms with Crippen LogP contribution < -0.4 is 0 Å². The Morgan fingerprint density at radius 3 is 2.53 bits per heavy atom. The predicted octanol–water partition coefficient (Wildman–Crippen LogP) is 2.30. The van der Waals surface area contributed by atoms with Crippen LogP contribution in [0.25, 0.3) is 5.69 Å². The highest BCUT2D eigenvalue weighted by Gasteiger charge is 2.17. The molecular weight excluding hydrogens is 223 g/mol. The van der Waals surface area contributed by atoms with E-state index in [1.807, 2.05) is 0 Å². The first-order valence-electron chi connectivity index (χ1n) is 5.12. The molecule has 0 fully saturated rings. The van der Waals surface area contributed by atoms with Gasteiger partial charge in [-0.1, -0.05) is 12.1 Å². The smallest absolute Gasteiger partial charge is 0.200 e. The average molecular weight is 236 g/mol. The maximum absolute atomic E-state index is 13.7. The number of methoxy groups -OCH3 is 2. The molecule has 0 unspecified atom stereocenters. The van der Waals surface area contributed by atoms with Crippen LogP contribution >= 0.6 is 0 Å². The second-order valence-electron chi connectivity index (χ2n) is 3.42. The highest BCUT2D eigenvalue weighted by atomic mass is 19.1. The van der Waals surface area contributed by atoms with E-state index in [0.29, 0.717) is 11.4 Å². The standard InChI is InChI=1S/C12H13FN2O2/c1-16-12(17-2)11-7-8-14-15(11)10-6-4-3-5-9(10)13/h3-8,12H,1-2H3. The Labute approximate surface area is 98.6 Å². The maximum Gasteiger partial charge on any atom is 0.200 e. The van der Waals surface area contributed by atoms with Crippen LogP contribution in [-0.2, 0) is 9.47 Å². The zero-order valence-corrected chi connectivity index (χ0v) is 9.63. The number of ether oxygens (including phenoxy) is 2. The molecule has 0 bridgehead atoms. The number of halogens is 1. The third-order valence-corrected chi connectivity index (χ3v) is 2.42. The zero-order valence-electron chi connectivity index (χ0n) is 9.63. The Bertz CT molecular complexity index is 495. The van der Waals surface area contributed by atoms with E-state index in [2.05, 4.69) is 5.10 Å². The van der Waals surface area contributed by atoms with E-state index >= 15 is 0 Å². The molecule has 5 heteroatoms. The molecule has 1 aromatic heterocycles. The molecule has 0 aliphatic rings.